The molecule has 2 amide bonds. The minimum absolute atomic E-state index is 0. The Morgan fingerprint density at radius 2 is 1.69 bits per heavy atom. The summed E-state index contributed by atoms with van der Waals surface area (Å²) in [4.78, 5) is 23.8. The van der Waals surface area contributed by atoms with Crippen LogP contribution in [0.3, 0.4) is 0 Å². The van der Waals surface area contributed by atoms with Gasteiger partial charge < -0.3 is 16.4 Å². The van der Waals surface area contributed by atoms with Crippen molar-refractivity contribution in [2.75, 3.05) is 6.54 Å². The zero-order valence-corrected chi connectivity index (χ0v) is 20.5. The van der Waals surface area contributed by atoms with Crippen molar-refractivity contribution < 1.29 is 16.2 Å². The lowest BCUT2D eigenvalue weighted by Gasteiger charge is -2.45. The van der Waals surface area contributed by atoms with Gasteiger partial charge in [-0.25, -0.2) is 5.48 Å². The van der Waals surface area contributed by atoms with Crippen molar-refractivity contribution in [2.45, 2.75) is 45.8 Å². The van der Waals surface area contributed by atoms with E-state index in [0.29, 0.717) is 17.0 Å². The second-order valence-electron chi connectivity index (χ2n) is 10.3. The lowest BCUT2D eigenvalue weighted by molar-refractivity contribution is -0.130. The number of nitrogens with one attached hydrogen (secondary N) is 3. The molecule has 0 spiro atoms. The first-order chi connectivity index (χ1) is 16.7. The molecule has 3 aliphatic carbocycles. The zero-order valence-electron chi connectivity index (χ0n) is 20.5. The summed E-state index contributed by atoms with van der Waals surface area (Å²) in [6, 6.07) is 14.7. The number of rotatable bonds is 7. The summed E-state index contributed by atoms with van der Waals surface area (Å²) in [5.41, 5.74) is 10.7. The van der Waals surface area contributed by atoms with Gasteiger partial charge in [-0.05, 0) is 71.6 Å². The first kappa shape index (κ1) is 24.9. The number of nitrogens with two attached hydrogens (primary N) is 1. The van der Waals surface area contributed by atoms with Gasteiger partial charge >= 0.3 is 0 Å². The maximum absolute atomic E-state index is 12.3. The van der Waals surface area contributed by atoms with Crippen molar-refractivity contribution >= 4 is 11.8 Å². The van der Waals surface area contributed by atoms with Gasteiger partial charge in [0.25, 0.3) is 11.8 Å². The minimum Gasteiger partial charge on any atom is -0.339 e. The van der Waals surface area contributed by atoms with Crippen LogP contribution in [0, 0.1) is 35.0 Å². The van der Waals surface area contributed by atoms with E-state index >= 15 is 0 Å². The Balaban J connectivity index is 0.00000361. The number of amides is 2. The Bertz CT molecular complexity index is 1140. The molecule has 6 N–H and O–H groups in total. The van der Waals surface area contributed by atoms with Crippen LogP contribution in [0.5, 0.6) is 0 Å². The number of hydroxylamine groups is 1. The third-order valence-corrected chi connectivity index (χ3v) is 8.02. The highest BCUT2D eigenvalue weighted by Crippen LogP contribution is 2.64. The molecule has 7 heteroatoms. The van der Waals surface area contributed by atoms with Crippen molar-refractivity contribution in [1.29, 1.82) is 0 Å². The van der Waals surface area contributed by atoms with Crippen molar-refractivity contribution in [2.24, 2.45) is 28.9 Å². The van der Waals surface area contributed by atoms with Gasteiger partial charge in [0.2, 0.25) is 0 Å². The number of hydrogen-bond donors (Lipinski definition) is 5. The van der Waals surface area contributed by atoms with Gasteiger partial charge in [0.15, 0.2) is 0 Å². The van der Waals surface area contributed by atoms with Gasteiger partial charge in [-0.1, -0.05) is 44.7 Å². The van der Waals surface area contributed by atoms with Crippen LogP contribution in [0.2, 0.25) is 0 Å². The van der Waals surface area contributed by atoms with E-state index in [9.17, 15) is 9.59 Å². The molecule has 0 heterocycles. The van der Waals surface area contributed by atoms with Gasteiger partial charge in [0.1, 0.15) is 6.04 Å². The summed E-state index contributed by atoms with van der Waals surface area (Å²) in [6.07, 6.45) is 1.36. The average molecular weight is 477 g/mol. The quantitative estimate of drug-likeness (QED) is 0.239. The van der Waals surface area contributed by atoms with Crippen molar-refractivity contribution in [3.63, 3.8) is 0 Å². The fourth-order valence-electron chi connectivity index (χ4n) is 5.78. The standard InChI is InChI=1S/C28H34N4O3.H2/c1-17-22-14-23(28(22,2)3)25(17)30-16-20-8-6-18(7-9-20)4-5-19-10-12-21(13-11-19)26(33)31-24(15-29)27(34)32-35;/h6-13,17,22-25,30,35H,14-16,29H2,1-3H3,(H,31,33)(H,32,34);1H/t17-,22-,23?,24-,25?;/m0./s1. The zero-order chi connectivity index (χ0) is 25.2. The molecule has 5 rings (SSSR count). The second kappa shape index (κ2) is 10.2. The lowest BCUT2D eigenvalue weighted by atomic mass is 9.60. The Morgan fingerprint density at radius 3 is 2.17 bits per heavy atom. The first-order valence-corrected chi connectivity index (χ1v) is 12.1. The summed E-state index contributed by atoms with van der Waals surface area (Å²) in [7, 11) is 0. The van der Waals surface area contributed by atoms with Crippen molar-refractivity contribution in [3.8, 4) is 11.8 Å². The van der Waals surface area contributed by atoms with Crippen LogP contribution in [-0.4, -0.2) is 35.7 Å². The smallest absolute Gasteiger partial charge is 0.267 e. The van der Waals surface area contributed by atoms with E-state index in [2.05, 4.69) is 55.4 Å². The normalized spacial score (nSPS) is 24.5. The number of carbonyl (C=O) groups is 2. The predicted octanol–water partition coefficient (Wildman–Crippen LogP) is 2.67. The SMILES string of the molecule is C[C@@H]1C(NCc2ccc(C#Cc3ccc(C(=O)N[C@@H](CN)C(=O)NO)cc3)cc2)C2C[C@@H]1C2(C)C.[HH]. The molecule has 5 atom stereocenters. The van der Waals surface area contributed by atoms with Crippen LogP contribution in [0.15, 0.2) is 48.5 Å². The van der Waals surface area contributed by atoms with E-state index in [-0.39, 0.29) is 7.97 Å². The lowest BCUT2D eigenvalue weighted by Crippen LogP contribution is -2.50. The van der Waals surface area contributed by atoms with E-state index in [1.165, 1.54) is 17.5 Å². The van der Waals surface area contributed by atoms with Gasteiger partial charge in [-0.3, -0.25) is 14.8 Å². The third kappa shape index (κ3) is 5.10. The first-order valence-electron chi connectivity index (χ1n) is 12.1. The molecular formula is C28H36N4O3. The molecule has 186 valence electrons. The molecule has 3 saturated carbocycles. The molecule has 3 fully saturated rings. The monoisotopic (exact) mass is 476 g/mol. The Hall–Kier alpha value is -3.18. The highest BCUT2D eigenvalue weighted by atomic mass is 16.5. The summed E-state index contributed by atoms with van der Waals surface area (Å²) < 4.78 is 0. The summed E-state index contributed by atoms with van der Waals surface area (Å²) in [5.74, 6) is 7.42. The molecule has 2 bridgehead atoms. The van der Waals surface area contributed by atoms with Gasteiger partial charge in [-0.15, -0.1) is 0 Å². The Kier molecular flexibility index (Phi) is 7.27. The summed E-state index contributed by atoms with van der Waals surface area (Å²) in [5, 5.41) is 15.0. The largest absolute Gasteiger partial charge is 0.339 e. The average Bonchev–Trinajstić information content (AvgIpc) is 3.32. The molecule has 35 heavy (non-hydrogen) atoms. The molecule has 0 saturated heterocycles. The highest BCUT2D eigenvalue weighted by Gasteiger charge is 2.61. The van der Waals surface area contributed by atoms with Crippen LogP contribution >= 0.6 is 0 Å². The van der Waals surface area contributed by atoms with Crippen LogP contribution in [0.4, 0.5) is 0 Å². The molecule has 0 aromatic heterocycles. The van der Waals surface area contributed by atoms with Crippen LogP contribution in [-0.2, 0) is 11.3 Å². The van der Waals surface area contributed by atoms with Crippen LogP contribution in [0.25, 0.3) is 0 Å². The number of fused-ring (bicyclic) bond motifs is 1. The fourth-order valence-corrected chi connectivity index (χ4v) is 5.78. The van der Waals surface area contributed by atoms with Crippen LogP contribution < -0.4 is 21.8 Å². The maximum atomic E-state index is 12.3. The van der Waals surface area contributed by atoms with E-state index in [1.807, 2.05) is 12.1 Å². The molecule has 0 radical (unpaired) electrons. The molecular weight excluding hydrogens is 440 g/mol. The van der Waals surface area contributed by atoms with Gasteiger partial charge in [0.05, 0.1) is 0 Å². The van der Waals surface area contributed by atoms with Gasteiger partial charge in [0, 0.05) is 37.2 Å². The molecule has 2 aromatic carbocycles. The molecule has 7 nitrogen and oxygen atoms in total. The summed E-state index contributed by atoms with van der Waals surface area (Å²) >= 11 is 0. The molecule has 0 aliphatic heterocycles. The van der Waals surface area contributed by atoms with Gasteiger partial charge in [-0.2, -0.15) is 0 Å². The minimum atomic E-state index is -1.01. The molecule has 2 unspecified atom stereocenters. The fraction of sp³-hybridized carbons (Fsp3) is 0.429. The second-order valence-corrected chi connectivity index (χ2v) is 10.3. The number of hydrogen-bond acceptors (Lipinski definition) is 5. The third-order valence-electron chi connectivity index (χ3n) is 8.02. The maximum Gasteiger partial charge on any atom is 0.267 e. The highest BCUT2D eigenvalue weighted by molar-refractivity contribution is 5.97. The topological polar surface area (TPSA) is 116 Å². The molecule has 3 aliphatic rings. The van der Waals surface area contributed by atoms with E-state index in [0.717, 1.165) is 35.4 Å². The molecule has 2 aromatic rings. The number of carbonyl (C=O) groups excluding carboxylic acids is 2. The summed E-state index contributed by atoms with van der Waals surface area (Å²) in [6.45, 7) is 7.96. The Labute approximate surface area is 208 Å². The van der Waals surface area contributed by atoms with Crippen LogP contribution in [0.1, 0.15) is 55.7 Å². The van der Waals surface area contributed by atoms with E-state index in [1.54, 1.807) is 24.3 Å². The van der Waals surface area contributed by atoms with E-state index in [4.69, 9.17) is 10.9 Å². The van der Waals surface area contributed by atoms with E-state index < -0.39 is 17.9 Å². The predicted molar refractivity (Wildman–Crippen MR) is 136 cm³/mol. The number of benzene rings is 2. The van der Waals surface area contributed by atoms with Crippen molar-refractivity contribution in [3.05, 3.63) is 70.8 Å². The Morgan fingerprint density at radius 1 is 1.09 bits per heavy atom. The van der Waals surface area contributed by atoms with Crippen molar-refractivity contribution in [1.82, 2.24) is 16.1 Å².